The molecule has 0 aliphatic heterocycles. The average Bonchev–Trinajstić information content (AvgIpc) is 3.71. The predicted molar refractivity (Wildman–Crippen MR) is 206 cm³/mol. The Morgan fingerprint density at radius 3 is 2.04 bits per heavy atom. The van der Waals surface area contributed by atoms with Gasteiger partial charge in [-0.15, -0.1) is 0 Å². The van der Waals surface area contributed by atoms with E-state index >= 15 is 4.39 Å². The molecule has 0 spiro atoms. The molecule has 0 aliphatic rings. The molecule has 0 aliphatic carbocycles. The number of hydrogen-bond acceptors (Lipinski definition) is 5. The van der Waals surface area contributed by atoms with Crippen molar-refractivity contribution in [3.63, 3.8) is 0 Å². The third-order valence-corrected chi connectivity index (χ3v) is 9.25. The highest BCUT2D eigenvalue weighted by Gasteiger charge is 2.12. The van der Waals surface area contributed by atoms with Crippen LogP contribution in [0.15, 0.2) is 134 Å². The maximum absolute atomic E-state index is 15.1. The highest BCUT2D eigenvalue weighted by Crippen LogP contribution is 2.29. The van der Waals surface area contributed by atoms with E-state index in [1.807, 2.05) is 54.6 Å². The molecule has 2 N–H and O–H groups in total. The summed E-state index contributed by atoms with van der Waals surface area (Å²) in [5, 5.41) is 5.90. The van der Waals surface area contributed by atoms with E-state index in [4.69, 9.17) is 4.98 Å². The van der Waals surface area contributed by atoms with Gasteiger partial charge in [0.25, 0.3) is 5.91 Å². The molecule has 0 saturated carbocycles. The molecule has 0 fully saturated rings. The molecular formula is C44H38F2N6O2. The first-order chi connectivity index (χ1) is 26.4. The van der Waals surface area contributed by atoms with Crippen LogP contribution >= 0.6 is 0 Å². The highest BCUT2D eigenvalue weighted by molar-refractivity contribution is 5.97. The van der Waals surface area contributed by atoms with E-state index in [9.17, 15) is 14.0 Å². The average molecular weight is 721 g/mol. The number of carbonyl (C=O) groups excluding carboxylic acids is 2. The molecule has 5 aromatic carbocycles. The Hall–Kier alpha value is -6.55. The van der Waals surface area contributed by atoms with Crippen LogP contribution in [0.5, 0.6) is 0 Å². The number of nitrogens with one attached hydrogen (secondary N) is 2. The minimum atomic E-state index is -0.339. The Balaban J connectivity index is 0.915. The van der Waals surface area contributed by atoms with Gasteiger partial charge in [-0.25, -0.2) is 18.7 Å². The lowest BCUT2D eigenvalue weighted by Crippen LogP contribution is -2.28. The monoisotopic (exact) mass is 720 g/mol. The molecule has 0 bridgehead atoms. The first kappa shape index (κ1) is 35.8. The Morgan fingerprint density at radius 2 is 1.33 bits per heavy atom. The largest absolute Gasteiger partial charge is 0.355 e. The standard InChI is InChI=1S/C44H38F2N6O2/c45-38-8-2-1-7-36(38)32-13-9-31(10-14-32)6-4-22-49-44(54)35-18-20-40-41(26-35)50-27-42(51-40)34-17-19-39(46)37(25-34)33-15-11-30(12-16-33)5-3-21-48-43(53)28-52-24-23-47-29-52/h1-2,7-20,23-27,29H,3-6,21-22,28H2,(H,48,53)(H,49,54). The smallest absolute Gasteiger partial charge is 0.251 e. The second-order valence-corrected chi connectivity index (χ2v) is 13.1. The van der Waals surface area contributed by atoms with Crippen molar-refractivity contribution in [3.8, 4) is 33.5 Å². The number of halogens is 2. The number of rotatable bonds is 14. The van der Waals surface area contributed by atoms with Crippen molar-refractivity contribution in [2.75, 3.05) is 13.1 Å². The number of carbonyl (C=O) groups is 2. The van der Waals surface area contributed by atoms with Crippen molar-refractivity contribution >= 4 is 22.8 Å². The number of fused-ring (bicyclic) bond motifs is 1. The van der Waals surface area contributed by atoms with Crippen LogP contribution in [0.25, 0.3) is 44.5 Å². The number of aromatic nitrogens is 4. The van der Waals surface area contributed by atoms with Crippen molar-refractivity contribution in [2.45, 2.75) is 32.2 Å². The predicted octanol–water partition coefficient (Wildman–Crippen LogP) is 8.22. The van der Waals surface area contributed by atoms with E-state index in [1.54, 1.807) is 71.9 Å². The number of imidazole rings is 1. The molecule has 2 amide bonds. The summed E-state index contributed by atoms with van der Waals surface area (Å²) in [6, 6.07) is 32.4. The second-order valence-electron chi connectivity index (χ2n) is 13.1. The third kappa shape index (κ3) is 8.90. The lowest BCUT2D eigenvalue weighted by atomic mass is 9.99. The van der Waals surface area contributed by atoms with Gasteiger partial charge in [-0.3, -0.25) is 14.6 Å². The molecule has 2 heterocycles. The van der Waals surface area contributed by atoms with Crippen LogP contribution in [0.4, 0.5) is 8.78 Å². The number of benzene rings is 5. The maximum atomic E-state index is 15.1. The summed E-state index contributed by atoms with van der Waals surface area (Å²) in [6.07, 6.45) is 9.72. The van der Waals surface area contributed by atoms with Gasteiger partial charge in [0, 0.05) is 47.7 Å². The quantitative estimate of drug-likeness (QED) is 0.110. The summed E-state index contributed by atoms with van der Waals surface area (Å²) < 4.78 is 30.9. The first-order valence-electron chi connectivity index (χ1n) is 17.9. The fourth-order valence-electron chi connectivity index (χ4n) is 6.31. The Morgan fingerprint density at radius 1 is 0.667 bits per heavy atom. The van der Waals surface area contributed by atoms with Crippen LogP contribution in [0.3, 0.4) is 0 Å². The van der Waals surface area contributed by atoms with Crippen molar-refractivity contribution < 1.29 is 18.4 Å². The van der Waals surface area contributed by atoms with Gasteiger partial charge in [0.2, 0.25) is 5.91 Å². The van der Waals surface area contributed by atoms with Gasteiger partial charge in [0.05, 0.1) is 29.3 Å². The summed E-state index contributed by atoms with van der Waals surface area (Å²) in [5.41, 5.74) is 7.82. The van der Waals surface area contributed by atoms with Gasteiger partial charge in [-0.05, 0) is 90.4 Å². The van der Waals surface area contributed by atoms with Crippen LogP contribution in [0.2, 0.25) is 0 Å². The topological polar surface area (TPSA) is 102 Å². The van der Waals surface area contributed by atoms with Crippen LogP contribution < -0.4 is 10.6 Å². The molecule has 8 nitrogen and oxygen atoms in total. The molecule has 7 aromatic rings. The summed E-state index contributed by atoms with van der Waals surface area (Å²) in [5.74, 6) is -0.840. The number of aryl methyl sites for hydroxylation is 2. The molecule has 7 rings (SSSR count). The fourth-order valence-corrected chi connectivity index (χ4v) is 6.31. The van der Waals surface area contributed by atoms with Gasteiger partial charge in [0.1, 0.15) is 18.2 Å². The molecular weight excluding hydrogens is 683 g/mol. The van der Waals surface area contributed by atoms with Crippen LogP contribution in [0, 0.1) is 11.6 Å². The van der Waals surface area contributed by atoms with Crippen molar-refractivity contribution in [1.82, 2.24) is 30.2 Å². The number of nitrogens with zero attached hydrogens (tertiary/aromatic N) is 4. The Bertz CT molecular complexity index is 2380. The zero-order chi connectivity index (χ0) is 37.3. The van der Waals surface area contributed by atoms with E-state index < -0.39 is 0 Å². The zero-order valence-electron chi connectivity index (χ0n) is 29.5. The lowest BCUT2D eigenvalue weighted by Gasteiger charge is -2.10. The normalized spacial score (nSPS) is 11.1. The molecule has 0 radical (unpaired) electrons. The van der Waals surface area contributed by atoms with Gasteiger partial charge < -0.3 is 15.2 Å². The van der Waals surface area contributed by atoms with Crippen molar-refractivity contribution in [3.05, 3.63) is 162 Å². The number of hydrogen-bond donors (Lipinski definition) is 2. The fraction of sp³-hybridized carbons (Fsp3) is 0.159. The summed E-state index contributed by atoms with van der Waals surface area (Å²) >= 11 is 0. The van der Waals surface area contributed by atoms with E-state index in [1.165, 1.54) is 12.1 Å². The van der Waals surface area contributed by atoms with Gasteiger partial charge in [0.15, 0.2) is 0 Å². The molecule has 54 heavy (non-hydrogen) atoms. The number of amides is 2. The first-order valence-corrected chi connectivity index (χ1v) is 17.9. The second kappa shape index (κ2) is 16.9. The van der Waals surface area contributed by atoms with E-state index in [2.05, 4.69) is 20.6 Å². The van der Waals surface area contributed by atoms with Crippen molar-refractivity contribution in [1.29, 1.82) is 0 Å². The lowest BCUT2D eigenvalue weighted by molar-refractivity contribution is -0.121. The molecule has 270 valence electrons. The van der Waals surface area contributed by atoms with Crippen LogP contribution in [0.1, 0.15) is 34.3 Å². The summed E-state index contributed by atoms with van der Waals surface area (Å²) in [7, 11) is 0. The van der Waals surface area contributed by atoms with E-state index in [0.717, 1.165) is 53.5 Å². The van der Waals surface area contributed by atoms with Crippen LogP contribution in [-0.2, 0) is 24.2 Å². The molecule has 0 unspecified atom stereocenters. The molecule has 2 aromatic heterocycles. The minimum absolute atomic E-state index is 0.0611. The highest BCUT2D eigenvalue weighted by atomic mass is 19.1. The van der Waals surface area contributed by atoms with Crippen molar-refractivity contribution in [2.24, 2.45) is 0 Å². The maximum Gasteiger partial charge on any atom is 0.251 e. The van der Waals surface area contributed by atoms with Gasteiger partial charge >= 0.3 is 0 Å². The minimum Gasteiger partial charge on any atom is -0.355 e. The molecule has 0 atom stereocenters. The SMILES string of the molecule is O=C(Cn1ccnc1)NCCCc1ccc(-c2cc(-c3cnc4cc(C(=O)NCCCc5ccc(-c6ccccc6F)cc5)ccc4n3)ccc2F)cc1. The summed E-state index contributed by atoms with van der Waals surface area (Å²) in [6.45, 7) is 1.30. The van der Waals surface area contributed by atoms with E-state index in [0.29, 0.717) is 46.5 Å². The third-order valence-electron chi connectivity index (χ3n) is 9.25. The Labute approximate surface area is 312 Å². The Kier molecular flexibility index (Phi) is 11.2. The molecule has 0 saturated heterocycles. The van der Waals surface area contributed by atoms with E-state index in [-0.39, 0.29) is 30.0 Å². The zero-order valence-corrected chi connectivity index (χ0v) is 29.5. The summed E-state index contributed by atoms with van der Waals surface area (Å²) in [4.78, 5) is 38.3. The van der Waals surface area contributed by atoms with Gasteiger partial charge in [-0.2, -0.15) is 0 Å². The molecule has 10 heteroatoms. The van der Waals surface area contributed by atoms with Gasteiger partial charge in [-0.1, -0.05) is 66.7 Å². The van der Waals surface area contributed by atoms with Crippen LogP contribution in [-0.4, -0.2) is 44.4 Å².